The molecule has 1 aromatic carbocycles. The van der Waals surface area contributed by atoms with E-state index >= 15 is 0 Å². The van der Waals surface area contributed by atoms with Crippen molar-refractivity contribution < 1.29 is 14.3 Å². The first-order chi connectivity index (χ1) is 14.8. The Morgan fingerprint density at radius 3 is 2.48 bits per heavy atom. The number of aromatic amines is 1. The standard InChI is InChI=1S/C21H28N4O.C3H6O2/c1-15-13-25(20(26)24-11-9-23(4)10-12-24)14-21(2,3)18-16-7-5-6-8-17(16)22-19(15)18;1-2-5-3-4/h5-8,13,22H,9-12,14H2,1-4H3;3H,2H2,1H3. The molecular weight excluding hydrogens is 392 g/mol. The van der Waals surface area contributed by atoms with Crippen LogP contribution in [0.2, 0.25) is 0 Å². The first-order valence-electron chi connectivity index (χ1n) is 10.9. The number of carbonyl (C=O) groups is 2. The second-order valence-electron chi connectivity index (χ2n) is 8.87. The number of aromatic nitrogens is 1. The summed E-state index contributed by atoms with van der Waals surface area (Å²) >= 11 is 0. The molecule has 7 heteroatoms. The summed E-state index contributed by atoms with van der Waals surface area (Å²) in [5.41, 5.74) is 4.62. The number of likely N-dealkylation sites (N-methyl/N-ethyl adjacent to an activating group) is 1. The van der Waals surface area contributed by atoms with Gasteiger partial charge in [-0.25, -0.2) is 4.79 Å². The number of piperazine rings is 1. The van der Waals surface area contributed by atoms with Crippen LogP contribution < -0.4 is 0 Å². The first-order valence-corrected chi connectivity index (χ1v) is 10.9. The Labute approximate surface area is 184 Å². The van der Waals surface area contributed by atoms with Crippen molar-refractivity contribution in [2.75, 3.05) is 46.4 Å². The predicted octanol–water partition coefficient (Wildman–Crippen LogP) is 3.67. The molecule has 0 radical (unpaired) electrons. The highest BCUT2D eigenvalue weighted by Crippen LogP contribution is 2.39. The minimum Gasteiger partial charge on any atom is -0.468 e. The van der Waals surface area contributed by atoms with Gasteiger partial charge in [-0.1, -0.05) is 32.0 Å². The zero-order valence-corrected chi connectivity index (χ0v) is 19.3. The van der Waals surface area contributed by atoms with Crippen LogP contribution in [0.4, 0.5) is 4.79 Å². The summed E-state index contributed by atoms with van der Waals surface area (Å²) in [4.78, 5) is 32.1. The summed E-state index contributed by atoms with van der Waals surface area (Å²) in [5, 5.41) is 1.26. The van der Waals surface area contributed by atoms with Gasteiger partial charge in [0, 0.05) is 60.9 Å². The third kappa shape index (κ3) is 4.93. The van der Waals surface area contributed by atoms with E-state index in [0.29, 0.717) is 19.6 Å². The fourth-order valence-corrected chi connectivity index (χ4v) is 4.36. The van der Waals surface area contributed by atoms with E-state index in [4.69, 9.17) is 0 Å². The maximum Gasteiger partial charge on any atom is 0.324 e. The van der Waals surface area contributed by atoms with Crippen LogP contribution in [0.25, 0.3) is 16.5 Å². The van der Waals surface area contributed by atoms with Crippen molar-refractivity contribution in [2.45, 2.75) is 33.1 Å². The van der Waals surface area contributed by atoms with Gasteiger partial charge in [-0.05, 0) is 38.1 Å². The smallest absolute Gasteiger partial charge is 0.324 e. The molecule has 168 valence electrons. The van der Waals surface area contributed by atoms with Gasteiger partial charge in [0.2, 0.25) is 0 Å². The molecule has 2 amide bonds. The van der Waals surface area contributed by atoms with Gasteiger partial charge in [-0.15, -0.1) is 0 Å². The summed E-state index contributed by atoms with van der Waals surface area (Å²) < 4.78 is 4.15. The van der Waals surface area contributed by atoms with Gasteiger partial charge in [-0.3, -0.25) is 9.69 Å². The fourth-order valence-electron chi connectivity index (χ4n) is 4.36. The maximum absolute atomic E-state index is 13.2. The van der Waals surface area contributed by atoms with Crippen molar-refractivity contribution in [1.82, 2.24) is 19.7 Å². The van der Waals surface area contributed by atoms with Gasteiger partial charge in [0.05, 0.1) is 6.61 Å². The van der Waals surface area contributed by atoms with Crippen molar-refractivity contribution in [3.63, 3.8) is 0 Å². The van der Waals surface area contributed by atoms with Crippen LogP contribution in [0.5, 0.6) is 0 Å². The highest BCUT2D eigenvalue weighted by atomic mass is 16.5. The van der Waals surface area contributed by atoms with E-state index in [2.05, 4.69) is 66.7 Å². The SMILES string of the molecule is CC1=CN(C(=O)N2CCN(C)CC2)CC(C)(C)c2c1[nH]c1ccccc21.CCOC=O. The molecule has 7 nitrogen and oxygen atoms in total. The topological polar surface area (TPSA) is 68.9 Å². The van der Waals surface area contributed by atoms with Crippen molar-refractivity contribution in [2.24, 2.45) is 0 Å². The van der Waals surface area contributed by atoms with Crippen LogP contribution in [-0.4, -0.2) is 78.6 Å². The van der Waals surface area contributed by atoms with E-state index in [1.165, 1.54) is 10.9 Å². The largest absolute Gasteiger partial charge is 0.468 e. The third-order valence-electron chi connectivity index (χ3n) is 5.95. The Balaban J connectivity index is 0.000000491. The molecule has 0 bridgehead atoms. The number of ether oxygens (including phenoxy) is 1. The van der Waals surface area contributed by atoms with Crippen LogP contribution in [0.3, 0.4) is 0 Å². The van der Waals surface area contributed by atoms with Crippen molar-refractivity contribution >= 4 is 29.0 Å². The van der Waals surface area contributed by atoms with Gasteiger partial charge in [-0.2, -0.15) is 0 Å². The maximum atomic E-state index is 13.2. The number of H-pyrrole nitrogens is 1. The number of nitrogens with one attached hydrogen (secondary N) is 1. The molecule has 0 aliphatic carbocycles. The Morgan fingerprint density at radius 2 is 1.87 bits per heavy atom. The van der Waals surface area contributed by atoms with Gasteiger partial charge >= 0.3 is 6.03 Å². The average Bonchev–Trinajstić information content (AvgIpc) is 3.11. The first kappa shape index (κ1) is 22.9. The number of hydrogen-bond acceptors (Lipinski definition) is 4. The number of amides is 2. The Morgan fingerprint density at radius 1 is 1.19 bits per heavy atom. The lowest BCUT2D eigenvalue weighted by Crippen LogP contribution is -2.52. The molecule has 2 aromatic rings. The number of benzene rings is 1. The van der Waals surface area contributed by atoms with E-state index in [9.17, 15) is 9.59 Å². The van der Waals surface area contributed by atoms with Gasteiger partial charge in [0.15, 0.2) is 0 Å². The number of carbonyl (C=O) groups excluding carboxylic acids is 2. The number of urea groups is 1. The van der Waals surface area contributed by atoms with Gasteiger partial charge in [0.25, 0.3) is 6.47 Å². The monoisotopic (exact) mass is 426 g/mol. The molecule has 1 N–H and O–H groups in total. The highest BCUT2D eigenvalue weighted by Gasteiger charge is 2.35. The van der Waals surface area contributed by atoms with Crippen molar-refractivity contribution in [1.29, 1.82) is 0 Å². The van der Waals surface area contributed by atoms with E-state index < -0.39 is 0 Å². The number of fused-ring (bicyclic) bond motifs is 3. The van der Waals surface area contributed by atoms with Crippen LogP contribution in [-0.2, 0) is 14.9 Å². The summed E-state index contributed by atoms with van der Waals surface area (Å²) in [5.74, 6) is 0. The lowest BCUT2D eigenvalue weighted by atomic mass is 9.82. The lowest BCUT2D eigenvalue weighted by molar-refractivity contribution is -0.128. The van der Waals surface area contributed by atoms with Crippen LogP contribution in [0, 0.1) is 0 Å². The number of allylic oxidation sites excluding steroid dienone is 1. The van der Waals surface area contributed by atoms with Crippen LogP contribution in [0.1, 0.15) is 39.0 Å². The van der Waals surface area contributed by atoms with E-state index in [0.717, 1.165) is 43.0 Å². The zero-order valence-electron chi connectivity index (χ0n) is 19.3. The second kappa shape index (κ2) is 9.56. The lowest BCUT2D eigenvalue weighted by Gasteiger charge is -2.37. The molecule has 3 heterocycles. The summed E-state index contributed by atoms with van der Waals surface area (Å²) in [7, 11) is 2.11. The van der Waals surface area contributed by atoms with Gasteiger partial charge in [0.1, 0.15) is 0 Å². The minimum atomic E-state index is -0.133. The van der Waals surface area contributed by atoms with Crippen molar-refractivity contribution in [3.05, 3.63) is 41.7 Å². The molecule has 4 rings (SSSR count). The highest BCUT2D eigenvalue weighted by molar-refractivity contribution is 5.91. The predicted molar refractivity (Wildman–Crippen MR) is 124 cm³/mol. The molecule has 1 saturated heterocycles. The number of para-hydroxylation sites is 1. The normalized spacial score (nSPS) is 18.4. The molecule has 1 aromatic heterocycles. The molecule has 1 fully saturated rings. The minimum absolute atomic E-state index is 0.125. The Hall–Kier alpha value is -2.80. The molecular formula is C24H34N4O3. The summed E-state index contributed by atoms with van der Waals surface area (Å²) in [6.07, 6.45) is 2.03. The zero-order chi connectivity index (χ0) is 22.6. The molecule has 0 spiro atoms. The average molecular weight is 427 g/mol. The number of hydrogen-bond donors (Lipinski definition) is 1. The molecule has 0 atom stereocenters. The molecule has 2 aliphatic rings. The van der Waals surface area contributed by atoms with Crippen molar-refractivity contribution in [3.8, 4) is 0 Å². The van der Waals surface area contributed by atoms with Crippen LogP contribution in [0.15, 0.2) is 30.5 Å². The summed E-state index contributed by atoms with van der Waals surface area (Å²) in [6.45, 7) is 13.4. The van der Waals surface area contributed by atoms with Crippen LogP contribution >= 0.6 is 0 Å². The Bertz CT molecular complexity index is 955. The van der Waals surface area contributed by atoms with E-state index in [1.807, 2.05) is 16.0 Å². The molecule has 0 saturated carbocycles. The number of nitrogens with zero attached hydrogens (tertiary/aromatic N) is 3. The fraction of sp³-hybridized carbons (Fsp3) is 0.500. The summed E-state index contributed by atoms with van der Waals surface area (Å²) in [6, 6.07) is 8.58. The second-order valence-corrected chi connectivity index (χ2v) is 8.87. The Kier molecular flexibility index (Phi) is 7.05. The third-order valence-corrected chi connectivity index (χ3v) is 5.95. The van der Waals surface area contributed by atoms with Gasteiger partial charge < -0.3 is 19.5 Å². The molecule has 31 heavy (non-hydrogen) atoms. The van der Waals surface area contributed by atoms with E-state index in [-0.39, 0.29) is 11.4 Å². The molecule has 2 aliphatic heterocycles. The van der Waals surface area contributed by atoms with E-state index in [1.54, 1.807) is 6.92 Å². The molecule has 0 unspecified atom stereocenters. The quantitative estimate of drug-likeness (QED) is 0.744. The number of rotatable bonds is 2.